The van der Waals surface area contributed by atoms with Crippen molar-refractivity contribution in [3.8, 4) is 0 Å². The number of anilines is 2. The van der Waals surface area contributed by atoms with Gasteiger partial charge < -0.3 is 16.8 Å². The average Bonchev–Trinajstić information content (AvgIpc) is 3.16. The molecule has 9 heteroatoms. The van der Waals surface area contributed by atoms with Gasteiger partial charge in [0.15, 0.2) is 5.69 Å². The van der Waals surface area contributed by atoms with E-state index in [1.807, 2.05) is 31.2 Å². The van der Waals surface area contributed by atoms with Gasteiger partial charge in [-0.25, -0.2) is 0 Å². The summed E-state index contributed by atoms with van der Waals surface area (Å²) in [5.41, 5.74) is 12.7. The number of aromatic nitrogens is 1. The third-order valence-electron chi connectivity index (χ3n) is 5.72. The lowest BCUT2D eigenvalue weighted by molar-refractivity contribution is -0.122. The molecule has 0 spiro atoms. The molecule has 3 amide bonds. The van der Waals surface area contributed by atoms with Crippen LogP contribution in [0.4, 0.5) is 11.4 Å². The molecule has 1 fully saturated rings. The van der Waals surface area contributed by atoms with Crippen molar-refractivity contribution in [2.24, 2.45) is 5.73 Å². The van der Waals surface area contributed by atoms with Crippen molar-refractivity contribution in [1.29, 1.82) is 0 Å². The van der Waals surface area contributed by atoms with E-state index in [-0.39, 0.29) is 28.2 Å². The van der Waals surface area contributed by atoms with Crippen molar-refractivity contribution in [3.05, 3.63) is 40.4 Å². The van der Waals surface area contributed by atoms with Crippen LogP contribution in [0.3, 0.4) is 0 Å². The summed E-state index contributed by atoms with van der Waals surface area (Å²) in [5.74, 6) is -1.49. The second kappa shape index (κ2) is 9.91. The van der Waals surface area contributed by atoms with Crippen LogP contribution in [0.2, 0.25) is 0 Å². The highest BCUT2D eigenvalue weighted by molar-refractivity contribution is 7.09. The van der Waals surface area contributed by atoms with Crippen LogP contribution in [-0.4, -0.2) is 34.2 Å². The highest BCUT2D eigenvalue weighted by atomic mass is 32.1. The molecule has 31 heavy (non-hydrogen) atoms. The number of nitrogen functional groups attached to an aromatic ring is 1. The van der Waals surface area contributed by atoms with Gasteiger partial charge in [-0.2, -0.15) is 4.37 Å². The molecule has 0 radical (unpaired) electrons. The minimum atomic E-state index is -0.795. The molecule has 1 aliphatic rings. The van der Waals surface area contributed by atoms with E-state index >= 15 is 0 Å². The lowest BCUT2D eigenvalue weighted by Crippen LogP contribution is -2.51. The Morgan fingerprint density at radius 1 is 1.23 bits per heavy atom. The molecular formula is C22H29N5O3S. The number of benzene rings is 1. The highest BCUT2D eigenvalue weighted by Crippen LogP contribution is 2.30. The Balaban J connectivity index is 1.97. The number of carbonyl (C=O) groups excluding carboxylic acids is 3. The third-order valence-corrected chi connectivity index (χ3v) is 6.58. The molecular weight excluding hydrogens is 414 g/mol. The number of nitrogens with two attached hydrogens (primary N) is 2. The van der Waals surface area contributed by atoms with Gasteiger partial charge in [0.1, 0.15) is 10.9 Å². The number of nitrogens with one attached hydrogen (secondary N) is 1. The summed E-state index contributed by atoms with van der Waals surface area (Å²) in [6.45, 7) is 3.69. The third kappa shape index (κ3) is 4.87. The van der Waals surface area contributed by atoms with Crippen LogP contribution < -0.4 is 21.7 Å². The van der Waals surface area contributed by atoms with E-state index in [1.54, 1.807) is 6.92 Å². The summed E-state index contributed by atoms with van der Waals surface area (Å²) in [6, 6.07) is 6.80. The molecule has 1 unspecified atom stereocenters. The van der Waals surface area contributed by atoms with E-state index in [0.29, 0.717) is 12.1 Å². The molecule has 5 N–H and O–H groups in total. The zero-order chi connectivity index (χ0) is 22.5. The molecule has 0 bridgehead atoms. The zero-order valence-electron chi connectivity index (χ0n) is 17.9. The largest absolute Gasteiger partial charge is 0.395 e. The van der Waals surface area contributed by atoms with E-state index in [4.69, 9.17) is 11.5 Å². The molecule has 0 saturated heterocycles. The summed E-state index contributed by atoms with van der Waals surface area (Å²) in [4.78, 5) is 39.8. The van der Waals surface area contributed by atoms with Crippen molar-refractivity contribution in [2.75, 3.05) is 10.6 Å². The Labute approximate surface area is 186 Å². The standard InChI is InChI=1S/C22H29N5O3S/c1-3-14-9-7-8-12-16(14)27(13(2)21(29)25-15-10-5-4-6-11-15)22(30)19-17(23)18(20(24)28)26-31-19/h7-9,12-13,15H,3-6,10-11,23H2,1-2H3,(H2,24,28)(H,25,29). The maximum atomic E-state index is 13.6. The Bertz CT molecular complexity index is 968. The number of para-hydroxylation sites is 1. The van der Waals surface area contributed by atoms with Crippen molar-refractivity contribution in [1.82, 2.24) is 9.69 Å². The van der Waals surface area contributed by atoms with Gasteiger partial charge in [-0.15, -0.1) is 0 Å². The zero-order valence-corrected chi connectivity index (χ0v) is 18.7. The molecule has 1 aromatic carbocycles. The van der Waals surface area contributed by atoms with Crippen LogP contribution in [0.25, 0.3) is 0 Å². The lowest BCUT2D eigenvalue weighted by Gasteiger charge is -2.32. The van der Waals surface area contributed by atoms with E-state index < -0.39 is 17.9 Å². The summed E-state index contributed by atoms with van der Waals surface area (Å²) >= 11 is 0.815. The Kier molecular flexibility index (Phi) is 7.27. The molecule has 2 aromatic rings. The first-order valence-electron chi connectivity index (χ1n) is 10.6. The first-order chi connectivity index (χ1) is 14.8. The monoisotopic (exact) mass is 443 g/mol. The Hall–Kier alpha value is -2.94. The van der Waals surface area contributed by atoms with Crippen LogP contribution in [0.5, 0.6) is 0 Å². The van der Waals surface area contributed by atoms with Crippen molar-refractivity contribution in [2.45, 2.75) is 64.5 Å². The molecule has 1 aromatic heterocycles. The number of rotatable bonds is 7. The number of primary amides is 1. The van der Waals surface area contributed by atoms with Gasteiger partial charge in [0, 0.05) is 11.7 Å². The number of nitrogens with zero attached hydrogens (tertiary/aromatic N) is 2. The maximum absolute atomic E-state index is 13.6. The smallest absolute Gasteiger partial charge is 0.272 e. The molecule has 166 valence electrons. The van der Waals surface area contributed by atoms with E-state index in [2.05, 4.69) is 9.69 Å². The first-order valence-corrected chi connectivity index (χ1v) is 11.4. The number of hydrogen-bond donors (Lipinski definition) is 3. The Morgan fingerprint density at radius 3 is 2.52 bits per heavy atom. The van der Waals surface area contributed by atoms with Gasteiger partial charge in [-0.3, -0.25) is 19.3 Å². The summed E-state index contributed by atoms with van der Waals surface area (Å²) in [7, 11) is 0. The van der Waals surface area contributed by atoms with Gasteiger partial charge in [-0.05, 0) is 49.3 Å². The minimum Gasteiger partial charge on any atom is -0.395 e. The van der Waals surface area contributed by atoms with Crippen LogP contribution in [0.1, 0.15) is 71.7 Å². The van der Waals surface area contributed by atoms with Crippen LogP contribution in [0, 0.1) is 0 Å². The first kappa shape index (κ1) is 22.7. The van der Waals surface area contributed by atoms with Gasteiger partial charge >= 0.3 is 0 Å². The van der Waals surface area contributed by atoms with E-state index in [9.17, 15) is 14.4 Å². The van der Waals surface area contributed by atoms with Crippen LogP contribution in [0.15, 0.2) is 24.3 Å². The fourth-order valence-electron chi connectivity index (χ4n) is 3.96. The molecule has 1 saturated carbocycles. The number of hydrogen-bond acceptors (Lipinski definition) is 6. The predicted molar refractivity (Wildman–Crippen MR) is 122 cm³/mol. The molecule has 1 atom stereocenters. The SMILES string of the molecule is CCc1ccccc1N(C(=O)c1snc(C(N)=O)c1N)C(C)C(=O)NC1CCCCC1. The molecule has 8 nitrogen and oxygen atoms in total. The number of aryl methyl sites for hydroxylation is 1. The van der Waals surface area contributed by atoms with Crippen LogP contribution in [-0.2, 0) is 11.2 Å². The molecule has 1 aliphatic carbocycles. The van der Waals surface area contributed by atoms with Crippen molar-refractivity contribution in [3.63, 3.8) is 0 Å². The number of amides is 3. The van der Waals surface area contributed by atoms with Crippen molar-refractivity contribution < 1.29 is 14.4 Å². The fraction of sp³-hybridized carbons (Fsp3) is 0.455. The summed E-state index contributed by atoms with van der Waals surface area (Å²) in [5, 5.41) is 3.10. The lowest BCUT2D eigenvalue weighted by atomic mass is 9.95. The molecule has 1 heterocycles. The normalized spacial score (nSPS) is 15.3. The molecule has 3 rings (SSSR count). The average molecular weight is 444 g/mol. The minimum absolute atomic E-state index is 0.0543. The highest BCUT2D eigenvalue weighted by Gasteiger charge is 2.33. The number of carbonyl (C=O) groups is 3. The summed E-state index contributed by atoms with van der Waals surface area (Å²) < 4.78 is 3.95. The topological polar surface area (TPSA) is 131 Å². The fourth-order valence-corrected chi connectivity index (χ4v) is 4.71. The summed E-state index contributed by atoms with van der Waals surface area (Å²) in [6.07, 6.45) is 5.94. The molecule has 0 aliphatic heterocycles. The van der Waals surface area contributed by atoms with Crippen molar-refractivity contribution >= 4 is 40.6 Å². The van der Waals surface area contributed by atoms with Gasteiger partial charge in [0.2, 0.25) is 5.91 Å². The van der Waals surface area contributed by atoms with Gasteiger partial charge in [-0.1, -0.05) is 44.4 Å². The second-order valence-electron chi connectivity index (χ2n) is 7.82. The van der Waals surface area contributed by atoms with E-state index in [0.717, 1.165) is 42.8 Å². The van der Waals surface area contributed by atoms with Gasteiger partial charge in [0.25, 0.3) is 11.8 Å². The van der Waals surface area contributed by atoms with Gasteiger partial charge in [0.05, 0.1) is 5.69 Å². The van der Waals surface area contributed by atoms with E-state index in [1.165, 1.54) is 11.3 Å². The quantitative estimate of drug-likeness (QED) is 0.605. The predicted octanol–water partition coefficient (Wildman–Crippen LogP) is 2.87. The van der Waals surface area contributed by atoms with Crippen LogP contribution >= 0.6 is 11.5 Å². The maximum Gasteiger partial charge on any atom is 0.272 e. The Morgan fingerprint density at radius 2 is 1.90 bits per heavy atom. The second-order valence-corrected chi connectivity index (χ2v) is 8.59.